The molecule has 0 unspecified atom stereocenters. The largest absolute Gasteiger partial charge is 0.492 e. The molecular weight excluding hydrogens is 821 g/mol. The summed E-state index contributed by atoms with van der Waals surface area (Å²) in [5.74, 6) is 1.27. The second-order valence-electron chi connectivity index (χ2n) is 17.9. The number of likely N-dealkylation sites (N-methyl/N-ethyl adjacent to an activating group) is 1. The Kier molecular flexibility index (Phi) is 13.5. The van der Waals surface area contributed by atoms with Gasteiger partial charge in [-0.3, -0.25) is 29.2 Å². The molecule has 3 aliphatic rings. The molecule has 9 rings (SSSR count). The molecule has 1 aromatic carbocycles. The Labute approximate surface area is 379 Å². The smallest absolute Gasteiger partial charge is 0.272 e. The Morgan fingerprint density at radius 1 is 0.754 bits per heavy atom. The summed E-state index contributed by atoms with van der Waals surface area (Å²) in [4.78, 5) is 74.4. The number of piperidine rings is 1. The molecule has 3 aliphatic heterocycles. The van der Waals surface area contributed by atoms with E-state index in [1.165, 1.54) is 0 Å². The molecule has 65 heavy (non-hydrogen) atoms. The van der Waals surface area contributed by atoms with Gasteiger partial charge in [0.1, 0.15) is 29.3 Å². The Morgan fingerprint density at radius 3 is 2.25 bits per heavy atom. The molecule has 0 aliphatic carbocycles. The van der Waals surface area contributed by atoms with Crippen molar-refractivity contribution < 1.29 is 14.3 Å². The summed E-state index contributed by atoms with van der Waals surface area (Å²) in [6.07, 6.45) is 8.08. The standard InChI is InChI=1S/C49H60N12O4/c1-4-37-28-43-44(54-47(37)62)27-36(29-50-43)32-57-17-21-58(22-18-57)39-9-10-41(51-30-39)48(63)60-23-19-56(20-24-60)31-35-13-15-59(16-14-35)49(64)42-12-11-40-46(53-42)61(34-52-40)33-38-7-5-6-8-45(38)65-26-25-55(2)3/h5-12,27-30,34-35H,4,13-26,31-33H2,1-3H3,(H,54,62). The average Bonchev–Trinajstić information content (AvgIpc) is 3.73. The van der Waals surface area contributed by atoms with Crippen LogP contribution in [0.5, 0.6) is 5.75 Å². The van der Waals surface area contributed by atoms with Gasteiger partial charge in [-0.05, 0) is 87.3 Å². The van der Waals surface area contributed by atoms with Gasteiger partial charge in [0.15, 0.2) is 5.65 Å². The Bertz CT molecular complexity index is 2660. The molecule has 3 saturated heterocycles. The maximum absolute atomic E-state index is 13.7. The molecule has 0 bridgehead atoms. The van der Waals surface area contributed by atoms with Crippen LogP contribution in [0, 0.1) is 5.92 Å². The first kappa shape index (κ1) is 44.0. The van der Waals surface area contributed by atoms with E-state index in [2.05, 4.69) is 45.6 Å². The lowest BCUT2D eigenvalue weighted by Gasteiger charge is -2.38. The van der Waals surface area contributed by atoms with Crippen LogP contribution in [0.25, 0.3) is 22.2 Å². The number of nitrogens with one attached hydrogen (secondary N) is 1. The number of aromatic nitrogens is 6. The number of ether oxygens (including phenoxy) is 1. The fraction of sp³-hybridized carbons (Fsp3) is 0.449. The molecule has 1 N–H and O–H groups in total. The number of carbonyl (C=O) groups excluding carboxylic acids is 2. The van der Waals surface area contributed by atoms with Crippen molar-refractivity contribution in [3.05, 3.63) is 118 Å². The summed E-state index contributed by atoms with van der Waals surface area (Å²) in [6, 6.07) is 19.5. The predicted molar refractivity (Wildman–Crippen MR) is 252 cm³/mol. The van der Waals surface area contributed by atoms with Crippen LogP contribution >= 0.6 is 0 Å². The third-order valence-corrected chi connectivity index (χ3v) is 13.2. The molecule has 0 radical (unpaired) electrons. The zero-order chi connectivity index (χ0) is 44.9. The first-order valence-electron chi connectivity index (χ1n) is 23.1. The lowest BCUT2D eigenvalue weighted by atomic mass is 9.95. The Balaban J connectivity index is 0.705. The maximum atomic E-state index is 13.7. The predicted octanol–water partition coefficient (Wildman–Crippen LogP) is 4.25. The van der Waals surface area contributed by atoms with Gasteiger partial charge < -0.3 is 33.9 Å². The van der Waals surface area contributed by atoms with Crippen LogP contribution in [0.2, 0.25) is 0 Å². The summed E-state index contributed by atoms with van der Waals surface area (Å²) in [5, 5.41) is 0. The molecule has 2 amide bonds. The van der Waals surface area contributed by atoms with Gasteiger partial charge in [-0.2, -0.15) is 0 Å². The van der Waals surface area contributed by atoms with Gasteiger partial charge in [-0.25, -0.2) is 15.0 Å². The fourth-order valence-corrected chi connectivity index (χ4v) is 9.25. The molecule has 0 saturated carbocycles. The number of carbonyl (C=O) groups is 2. The van der Waals surface area contributed by atoms with Crippen LogP contribution in [0.4, 0.5) is 5.69 Å². The number of piperazine rings is 2. The number of para-hydroxylation sites is 1. The van der Waals surface area contributed by atoms with Gasteiger partial charge in [-0.1, -0.05) is 25.1 Å². The second-order valence-corrected chi connectivity index (χ2v) is 17.9. The van der Waals surface area contributed by atoms with E-state index >= 15 is 0 Å². The summed E-state index contributed by atoms with van der Waals surface area (Å²) in [5.41, 5.74) is 7.79. The highest BCUT2D eigenvalue weighted by Gasteiger charge is 2.29. The lowest BCUT2D eigenvalue weighted by Crippen LogP contribution is -2.51. The number of benzene rings is 1. The average molecular weight is 881 g/mol. The van der Waals surface area contributed by atoms with Crippen LogP contribution in [0.3, 0.4) is 0 Å². The van der Waals surface area contributed by atoms with E-state index in [0.29, 0.717) is 68.7 Å². The highest BCUT2D eigenvalue weighted by atomic mass is 16.5. The number of hydrogen-bond donors (Lipinski definition) is 1. The molecule has 0 atom stereocenters. The normalized spacial score (nSPS) is 16.8. The molecule has 3 fully saturated rings. The highest BCUT2D eigenvalue weighted by molar-refractivity contribution is 5.94. The first-order chi connectivity index (χ1) is 31.7. The molecular formula is C49H60N12O4. The van der Waals surface area contributed by atoms with Gasteiger partial charge in [-0.15, -0.1) is 0 Å². The van der Waals surface area contributed by atoms with E-state index in [1.807, 2.05) is 96.3 Å². The van der Waals surface area contributed by atoms with Crippen molar-refractivity contribution in [2.24, 2.45) is 5.92 Å². The topological polar surface area (TPSA) is 152 Å². The number of pyridine rings is 4. The van der Waals surface area contributed by atoms with Gasteiger partial charge in [0, 0.05) is 102 Å². The Hall–Kier alpha value is -6.23. The van der Waals surface area contributed by atoms with E-state index in [1.54, 1.807) is 12.4 Å². The second kappa shape index (κ2) is 19.9. The quantitative estimate of drug-likeness (QED) is 0.167. The number of aryl methyl sites for hydroxylation is 1. The SMILES string of the molecule is CCc1cc2ncc(CN3CCN(c4ccc(C(=O)N5CCN(CC6CCN(C(=O)c7ccc8ncn(Cc9ccccc9OCCN(C)C)c8n7)CC6)CC5)nc4)CC3)cc2[nH]c1=O. The first-order valence-corrected chi connectivity index (χ1v) is 23.1. The number of rotatable bonds is 14. The van der Waals surface area contributed by atoms with Crippen molar-refractivity contribution in [1.29, 1.82) is 0 Å². The van der Waals surface area contributed by atoms with Crippen LogP contribution in [-0.2, 0) is 19.5 Å². The number of amides is 2. The van der Waals surface area contributed by atoms with E-state index in [9.17, 15) is 14.4 Å². The van der Waals surface area contributed by atoms with Gasteiger partial charge in [0.2, 0.25) is 0 Å². The van der Waals surface area contributed by atoms with Crippen molar-refractivity contribution >= 4 is 39.7 Å². The van der Waals surface area contributed by atoms with Crippen molar-refractivity contribution in [1.82, 2.24) is 54.0 Å². The molecule has 0 spiro atoms. The molecule has 16 nitrogen and oxygen atoms in total. The van der Waals surface area contributed by atoms with E-state index in [-0.39, 0.29) is 17.4 Å². The van der Waals surface area contributed by atoms with Crippen molar-refractivity contribution in [3.63, 3.8) is 0 Å². The minimum atomic E-state index is -0.0435. The highest BCUT2D eigenvalue weighted by Crippen LogP contribution is 2.25. The molecule has 16 heteroatoms. The number of anilines is 1. The molecule has 5 aromatic heterocycles. The number of imidazole rings is 1. The maximum Gasteiger partial charge on any atom is 0.272 e. The van der Waals surface area contributed by atoms with Gasteiger partial charge >= 0.3 is 0 Å². The lowest BCUT2D eigenvalue weighted by molar-refractivity contribution is 0.0556. The third-order valence-electron chi connectivity index (χ3n) is 13.2. The minimum absolute atomic E-state index is 0.0200. The minimum Gasteiger partial charge on any atom is -0.492 e. The zero-order valence-electron chi connectivity index (χ0n) is 37.9. The molecule has 8 heterocycles. The molecule has 6 aromatic rings. The van der Waals surface area contributed by atoms with E-state index in [0.717, 1.165) is 116 Å². The van der Waals surface area contributed by atoms with Gasteiger partial charge in [0.25, 0.3) is 17.4 Å². The van der Waals surface area contributed by atoms with Crippen molar-refractivity contribution in [2.45, 2.75) is 39.3 Å². The number of likely N-dealkylation sites (tertiary alicyclic amines) is 1. The van der Waals surface area contributed by atoms with E-state index in [4.69, 9.17) is 9.72 Å². The van der Waals surface area contributed by atoms with E-state index < -0.39 is 0 Å². The number of H-pyrrole nitrogens is 1. The zero-order valence-corrected chi connectivity index (χ0v) is 37.9. The number of fused-ring (bicyclic) bond motifs is 2. The van der Waals surface area contributed by atoms with Crippen LogP contribution in [0.15, 0.2) is 84.2 Å². The summed E-state index contributed by atoms with van der Waals surface area (Å²) >= 11 is 0. The van der Waals surface area contributed by atoms with Crippen LogP contribution in [-0.4, -0.2) is 165 Å². The van der Waals surface area contributed by atoms with Gasteiger partial charge in [0.05, 0.1) is 35.8 Å². The van der Waals surface area contributed by atoms with Crippen molar-refractivity contribution in [3.8, 4) is 5.75 Å². The monoisotopic (exact) mass is 880 g/mol. The number of aromatic amines is 1. The van der Waals surface area contributed by atoms with Crippen molar-refractivity contribution in [2.75, 3.05) is 104 Å². The fourth-order valence-electron chi connectivity index (χ4n) is 9.25. The summed E-state index contributed by atoms with van der Waals surface area (Å²) in [6.45, 7) is 13.5. The van der Waals surface area contributed by atoms with Crippen LogP contribution in [0.1, 0.15) is 57.4 Å². The summed E-state index contributed by atoms with van der Waals surface area (Å²) < 4.78 is 8.08. The number of nitrogens with zero attached hydrogens (tertiary/aromatic N) is 11. The third kappa shape index (κ3) is 10.3. The molecule has 340 valence electrons. The Morgan fingerprint density at radius 2 is 1.49 bits per heavy atom. The summed E-state index contributed by atoms with van der Waals surface area (Å²) in [7, 11) is 4.05. The number of hydrogen-bond acceptors (Lipinski definition) is 12. The van der Waals surface area contributed by atoms with Crippen LogP contribution < -0.4 is 15.2 Å².